The zero-order chi connectivity index (χ0) is 14.2. The molecule has 108 valence electrons. The maximum atomic E-state index is 13.5. The summed E-state index contributed by atoms with van der Waals surface area (Å²) < 4.78 is 13.5. The van der Waals surface area contributed by atoms with E-state index in [4.69, 9.17) is 0 Å². The van der Waals surface area contributed by atoms with Gasteiger partial charge in [0.1, 0.15) is 5.82 Å². The smallest absolute Gasteiger partial charge is 0.233 e. The predicted octanol–water partition coefficient (Wildman–Crippen LogP) is 3.51. The topological polar surface area (TPSA) is 20.3 Å². The molecule has 3 rings (SSSR count). The fourth-order valence-corrected chi connectivity index (χ4v) is 3.46. The number of benzene rings is 1. The number of piperidine rings is 1. The molecule has 1 aromatic carbocycles. The monoisotopic (exact) mass is 275 g/mol. The zero-order valence-electron chi connectivity index (χ0n) is 12.1. The van der Waals surface area contributed by atoms with Gasteiger partial charge in [0.25, 0.3) is 0 Å². The average molecular weight is 275 g/mol. The van der Waals surface area contributed by atoms with E-state index in [0.717, 1.165) is 50.8 Å². The molecule has 20 heavy (non-hydrogen) atoms. The molecule has 2 nitrogen and oxygen atoms in total. The minimum Gasteiger partial charge on any atom is -0.342 e. The standard InChI is InChI=1S/C17H22FNO/c1-13-6-10-19(11-7-13)16(20)17(8-3-9-17)14-4-2-5-15(18)12-14/h2,4-5,12-13H,3,6-11H2,1H3. The summed E-state index contributed by atoms with van der Waals surface area (Å²) in [6.07, 6.45) is 4.96. The Balaban J connectivity index is 1.84. The van der Waals surface area contributed by atoms with Crippen molar-refractivity contribution in [2.75, 3.05) is 13.1 Å². The maximum absolute atomic E-state index is 13.5. The predicted molar refractivity (Wildman–Crippen MR) is 76.9 cm³/mol. The van der Waals surface area contributed by atoms with Crippen molar-refractivity contribution >= 4 is 5.91 Å². The van der Waals surface area contributed by atoms with Gasteiger partial charge in [0.05, 0.1) is 5.41 Å². The minimum absolute atomic E-state index is 0.223. The summed E-state index contributed by atoms with van der Waals surface area (Å²) in [5.74, 6) is 0.695. The number of halogens is 1. The fraction of sp³-hybridized carbons (Fsp3) is 0.588. The fourth-order valence-electron chi connectivity index (χ4n) is 3.46. The van der Waals surface area contributed by atoms with Gasteiger partial charge in [-0.05, 0) is 49.3 Å². The first-order valence-corrected chi connectivity index (χ1v) is 7.67. The van der Waals surface area contributed by atoms with Gasteiger partial charge in [-0.15, -0.1) is 0 Å². The molecule has 1 aliphatic heterocycles. The SMILES string of the molecule is CC1CCN(C(=O)C2(c3cccc(F)c3)CCC2)CC1. The molecule has 2 aliphatic rings. The molecule has 0 unspecified atom stereocenters. The quantitative estimate of drug-likeness (QED) is 0.809. The largest absolute Gasteiger partial charge is 0.342 e. The number of amides is 1. The lowest BCUT2D eigenvalue weighted by atomic mass is 9.63. The highest BCUT2D eigenvalue weighted by Crippen LogP contribution is 2.45. The average Bonchev–Trinajstić information content (AvgIpc) is 2.38. The number of carbonyl (C=O) groups is 1. The number of likely N-dealkylation sites (tertiary alicyclic amines) is 1. The first-order chi connectivity index (χ1) is 9.62. The molecule has 3 heteroatoms. The van der Waals surface area contributed by atoms with Crippen molar-refractivity contribution in [3.8, 4) is 0 Å². The number of hydrogen-bond donors (Lipinski definition) is 0. The minimum atomic E-state index is -0.442. The molecule has 1 aliphatic carbocycles. The molecule has 0 radical (unpaired) electrons. The van der Waals surface area contributed by atoms with Crippen LogP contribution in [0.2, 0.25) is 0 Å². The summed E-state index contributed by atoms with van der Waals surface area (Å²) in [6.45, 7) is 3.96. The van der Waals surface area contributed by atoms with E-state index in [1.807, 2.05) is 11.0 Å². The van der Waals surface area contributed by atoms with Crippen molar-refractivity contribution in [2.45, 2.75) is 44.4 Å². The van der Waals surface area contributed by atoms with Crippen LogP contribution in [-0.2, 0) is 10.2 Å². The van der Waals surface area contributed by atoms with E-state index in [1.54, 1.807) is 12.1 Å². The first kappa shape index (κ1) is 13.6. The maximum Gasteiger partial charge on any atom is 0.233 e. The number of nitrogens with zero attached hydrogens (tertiary/aromatic N) is 1. The van der Waals surface area contributed by atoms with Crippen LogP contribution in [0.3, 0.4) is 0 Å². The Morgan fingerprint density at radius 1 is 1.30 bits per heavy atom. The molecule has 1 saturated carbocycles. The molecule has 1 amide bonds. The van der Waals surface area contributed by atoms with Crippen molar-refractivity contribution in [3.63, 3.8) is 0 Å². The second-order valence-corrected chi connectivity index (χ2v) is 6.42. The molecule has 0 spiro atoms. The Kier molecular flexibility index (Phi) is 3.53. The van der Waals surface area contributed by atoms with Crippen molar-refractivity contribution in [3.05, 3.63) is 35.6 Å². The molecule has 1 heterocycles. The molecule has 0 aromatic heterocycles. The number of hydrogen-bond acceptors (Lipinski definition) is 1. The van der Waals surface area contributed by atoms with Crippen LogP contribution in [0.1, 0.15) is 44.6 Å². The highest BCUT2D eigenvalue weighted by Gasteiger charge is 2.48. The lowest BCUT2D eigenvalue weighted by Gasteiger charge is -2.45. The van der Waals surface area contributed by atoms with Gasteiger partial charge in [-0.2, -0.15) is 0 Å². The summed E-state index contributed by atoms with van der Waals surface area (Å²) >= 11 is 0. The van der Waals surface area contributed by atoms with Crippen LogP contribution in [0.15, 0.2) is 24.3 Å². The van der Waals surface area contributed by atoms with Gasteiger partial charge in [-0.1, -0.05) is 25.5 Å². The van der Waals surface area contributed by atoms with Crippen LogP contribution in [0.5, 0.6) is 0 Å². The van der Waals surface area contributed by atoms with Crippen LogP contribution in [0, 0.1) is 11.7 Å². The van der Waals surface area contributed by atoms with Gasteiger partial charge < -0.3 is 4.90 Å². The van der Waals surface area contributed by atoms with Gasteiger partial charge in [-0.3, -0.25) is 4.79 Å². The Morgan fingerprint density at radius 2 is 2.00 bits per heavy atom. The Labute approximate surface area is 120 Å². The molecular weight excluding hydrogens is 253 g/mol. The van der Waals surface area contributed by atoms with E-state index >= 15 is 0 Å². The molecule has 2 fully saturated rings. The molecule has 1 saturated heterocycles. The summed E-state index contributed by atoms with van der Waals surface area (Å²) in [4.78, 5) is 14.9. The number of rotatable bonds is 2. The van der Waals surface area contributed by atoms with E-state index in [-0.39, 0.29) is 11.7 Å². The van der Waals surface area contributed by atoms with Gasteiger partial charge >= 0.3 is 0 Å². The van der Waals surface area contributed by atoms with E-state index in [1.165, 1.54) is 6.07 Å². The van der Waals surface area contributed by atoms with Gasteiger partial charge in [0.2, 0.25) is 5.91 Å². The van der Waals surface area contributed by atoms with Crippen molar-refractivity contribution in [1.29, 1.82) is 0 Å². The second-order valence-electron chi connectivity index (χ2n) is 6.42. The van der Waals surface area contributed by atoms with E-state index in [0.29, 0.717) is 5.92 Å². The highest BCUT2D eigenvalue weighted by atomic mass is 19.1. The normalized spacial score (nSPS) is 22.4. The lowest BCUT2D eigenvalue weighted by Crippen LogP contribution is -2.53. The van der Waals surface area contributed by atoms with Gasteiger partial charge in [0.15, 0.2) is 0 Å². The third-order valence-electron chi connectivity index (χ3n) is 5.06. The Bertz CT molecular complexity index is 501. The van der Waals surface area contributed by atoms with Gasteiger partial charge in [-0.25, -0.2) is 4.39 Å². The summed E-state index contributed by atoms with van der Waals surface area (Å²) in [6, 6.07) is 6.62. The van der Waals surface area contributed by atoms with Crippen LogP contribution >= 0.6 is 0 Å². The third kappa shape index (κ3) is 2.23. The molecular formula is C17H22FNO. The lowest BCUT2D eigenvalue weighted by molar-refractivity contribution is -0.142. The van der Waals surface area contributed by atoms with E-state index in [9.17, 15) is 9.18 Å². The van der Waals surface area contributed by atoms with Crippen molar-refractivity contribution < 1.29 is 9.18 Å². The Hall–Kier alpha value is -1.38. The van der Waals surface area contributed by atoms with Crippen LogP contribution in [0.4, 0.5) is 4.39 Å². The zero-order valence-corrected chi connectivity index (χ0v) is 12.1. The van der Waals surface area contributed by atoms with Gasteiger partial charge in [0, 0.05) is 13.1 Å². The summed E-state index contributed by atoms with van der Waals surface area (Å²) in [7, 11) is 0. The molecule has 0 N–H and O–H groups in total. The van der Waals surface area contributed by atoms with Crippen molar-refractivity contribution in [2.24, 2.45) is 5.92 Å². The van der Waals surface area contributed by atoms with Crippen molar-refractivity contribution in [1.82, 2.24) is 4.90 Å². The Morgan fingerprint density at radius 3 is 2.55 bits per heavy atom. The highest BCUT2D eigenvalue weighted by molar-refractivity contribution is 5.89. The van der Waals surface area contributed by atoms with Crippen LogP contribution in [-0.4, -0.2) is 23.9 Å². The first-order valence-electron chi connectivity index (χ1n) is 7.67. The van der Waals surface area contributed by atoms with Crippen LogP contribution < -0.4 is 0 Å². The van der Waals surface area contributed by atoms with Crippen LogP contribution in [0.25, 0.3) is 0 Å². The third-order valence-corrected chi connectivity index (χ3v) is 5.06. The second kappa shape index (κ2) is 5.19. The number of carbonyl (C=O) groups excluding carboxylic acids is 1. The molecule has 0 atom stereocenters. The summed E-state index contributed by atoms with van der Waals surface area (Å²) in [5.41, 5.74) is 0.426. The van der Waals surface area contributed by atoms with E-state index < -0.39 is 5.41 Å². The summed E-state index contributed by atoms with van der Waals surface area (Å²) in [5, 5.41) is 0. The molecule has 1 aromatic rings. The molecule has 0 bridgehead atoms. The van der Waals surface area contributed by atoms with E-state index in [2.05, 4.69) is 6.92 Å².